The number of morpholine rings is 1. The predicted octanol–water partition coefficient (Wildman–Crippen LogP) is 0.598. The van der Waals surface area contributed by atoms with E-state index in [1.165, 1.54) is 11.0 Å². The molecule has 2 bridgehead atoms. The Morgan fingerprint density at radius 1 is 1.27 bits per heavy atom. The molecule has 4 fully saturated rings. The highest BCUT2D eigenvalue weighted by Gasteiger charge is 2.79. The van der Waals surface area contributed by atoms with Crippen molar-refractivity contribution < 1.29 is 33.7 Å². The molecule has 0 radical (unpaired) electrons. The molecule has 0 aromatic heterocycles. The first-order chi connectivity index (χ1) is 17.8. The molecule has 4 heterocycles. The second kappa shape index (κ2) is 11.2. The lowest BCUT2D eigenvalue weighted by Gasteiger charge is -2.39. The summed E-state index contributed by atoms with van der Waals surface area (Å²) in [5.74, 6) is -2.72. The maximum Gasteiger partial charge on any atom is 0.313 e. The Balaban J connectivity index is 1.68. The van der Waals surface area contributed by atoms with Crippen molar-refractivity contribution in [2.75, 3.05) is 59.2 Å². The minimum absolute atomic E-state index is 0.0385. The van der Waals surface area contributed by atoms with E-state index in [0.29, 0.717) is 52.1 Å². The largest absolute Gasteiger partial charge is 0.461 e. The minimum Gasteiger partial charge on any atom is -0.461 e. The first-order valence-corrected chi connectivity index (χ1v) is 13.4. The zero-order valence-corrected chi connectivity index (χ0v) is 22.1. The molecular weight excluding hydrogens is 478 g/mol. The molecule has 4 saturated heterocycles. The number of hydrogen-bond acceptors (Lipinski definition) is 8. The number of aliphatic hydroxyl groups excluding tert-OH is 1. The zero-order valence-electron chi connectivity index (χ0n) is 22.1. The molecule has 10 nitrogen and oxygen atoms in total. The Morgan fingerprint density at radius 3 is 2.62 bits per heavy atom. The Morgan fingerprint density at radius 2 is 2.00 bits per heavy atom. The Hall–Kier alpha value is -2.27. The minimum atomic E-state index is -1.15. The van der Waals surface area contributed by atoms with Crippen LogP contribution in [0.5, 0.6) is 0 Å². The summed E-state index contributed by atoms with van der Waals surface area (Å²) in [5, 5.41) is 10.0. The van der Waals surface area contributed by atoms with Gasteiger partial charge < -0.3 is 29.1 Å². The van der Waals surface area contributed by atoms with Gasteiger partial charge >= 0.3 is 5.97 Å². The highest BCUT2D eigenvalue weighted by Crippen LogP contribution is 2.64. The van der Waals surface area contributed by atoms with Gasteiger partial charge in [0.2, 0.25) is 11.8 Å². The average molecular weight is 520 g/mol. The van der Waals surface area contributed by atoms with E-state index in [2.05, 4.69) is 18.1 Å². The van der Waals surface area contributed by atoms with Crippen LogP contribution in [-0.4, -0.2) is 120 Å². The summed E-state index contributed by atoms with van der Waals surface area (Å²) in [7, 11) is 0. The number of ether oxygens (including phenoxy) is 3. The maximum atomic E-state index is 14.3. The molecule has 0 aromatic rings. The molecule has 2 unspecified atom stereocenters. The van der Waals surface area contributed by atoms with Crippen LogP contribution >= 0.6 is 0 Å². The Bertz CT molecular complexity index is 906. The molecule has 4 aliphatic rings. The number of carbonyl (C=O) groups excluding carboxylic acids is 3. The van der Waals surface area contributed by atoms with E-state index in [4.69, 9.17) is 14.2 Å². The predicted molar refractivity (Wildman–Crippen MR) is 135 cm³/mol. The van der Waals surface area contributed by atoms with E-state index in [-0.39, 0.29) is 25.0 Å². The average Bonchev–Trinajstić information content (AvgIpc) is 3.53. The molecule has 2 amide bonds. The van der Waals surface area contributed by atoms with Crippen molar-refractivity contribution in [3.05, 3.63) is 25.3 Å². The Kier molecular flexibility index (Phi) is 8.42. The number of hydrogen-bond donors (Lipinski definition) is 1. The van der Waals surface area contributed by atoms with Crippen LogP contribution < -0.4 is 0 Å². The lowest BCUT2D eigenvalue weighted by Crippen LogP contribution is -2.59. The van der Waals surface area contributed by atoms with Crippen molar-refractivity contribution in [2.24, 2.45) is 11.8 Å². The SMILES string of the molecule is C=CCOC(=O)[C@@H]1[C@H]2C(=O)N([C@H](C)CO)C(C(=O)N(CC=C)CCN3CCOCC3)C23CC[C@@]1(CC)O3. The second-order valence-corrected chi connectivity index (χ2v) is 10.6. The number of esters is 1. The summed E-state index contributed by atoms with van der Waals surface area (Å²) in [6.07, 6.45) is 4.74. The van der Waals surface area contributed by atoms with Gasteiger partial charge in [-0.05, 0) is 26.2 Å². The molecule has 0 aliphatic carbocycles. The number of nitrogens with zero attached hydrogens (tertiary/aromatic N) is 3. The van der Waals surface area contributed by atoms with Crippen LogP contribution in [0.15, 0.2) is 25.3 Å². The third-order valence-electron chi connectivity index (χ3n) is 8.64. The van der Waals surface area contributed by atoms with Crippen molar-refractivity contribution >= 4 is 17.8 Å². The standard InChI is InChI=1S/C27H41N3O7/c1-5-10-29(12-11-28-13-16-35-17-14-28)24(33)22-27-9-8-26(7-3,37-27)21(25(34)36-15-6-2)20(27)23(32)30(22)19(4)18-31/h5-6,19-22,31H,1-2,7-18H2,3-4H3/t19-,20+,21+,22?,26-,27?/m1/s1. The number of amides is 2. The third kappa shape index (κ3) is 4.62. The Labute approximate surface area is 219 Å². The quantitative estimate of drug-likeness (QED) is 0.295. The number of rotatable bonds is 12. The topological polar surface area (TPSA) is 109 Å². The highest BCUT2D eigenvalue weighted by atomic mass is 16.6. The fraction of sp³-hybridized carbons (Fsp3) is 0.741. The van der Waals surface area contributed by atoms with Crippen LogP contribution in [0.4, 0.5) is 0 Å². The van der Waals surface area contributed by atoms with Crippen LogP contribution in [-0.2, 0) is 28.6 Å². The summed E-state index contributed by atoms with van der Waals surface area (Å²) in [4.78, 5) is 47.0. The van der Waals surface area contributed by atoms with E-state index in [1.54, 1.807) is 17.9 Å². The summed E-state index contributed by atoms with van der Waals surface area (Å²) in [6.45, 7) is 15.2. The van der Waals surface area contributed by atoms with Crippen LogP contribution in [0.25, 0.3) is 0 Å². The third-order valence-corrected chi connectivity index (χ3v) is 8.64. The molecule has 6 atom stereocenters. The normalized spacial score (nSPS) is 33.8. The number of carbonyl (C=O) groups is 3. The summed E-state index contributed by atoms with van der Waals surface area (Å²) < 4.78 is 17.6. The van der Waals surface area contributed by atoms with Gasteiger partial charge in [-0.2, -0.15) is 0 Å². The van der Waals surface area contributed by atoms with Crippen molar-refractivity contribution in [3.63, 3.8) is 0 Å². The molecule has 10 heteroatoms. The van der Waals surface area contributed by atoms with Crippen molar-refractivity contribution in [1.29, 1.82) is 0 Å². The lowest BCUT2D eigenvalue weighted by atomic mass is 9.65. The first kappa shape index (κ1) is 27.8. The summed E-state index contributed by atoms with van der Waals surface area (Å²) in [6, 6.07) is -1.56. The van der Waals surface area contributed by atoms with Crippen LogP contribution in [0.3, 0.4) is 0 Å². The van der Waals surface area contributed by atoms with Crippen LogP contribution in [0.1, 0.15) is 33.1 Å². The van der Waals surface area contributed by atoms with Crippen molar-refractivity contribution in [1.82, 2.24) is 14.7 Å². The maximum absolute atomic E-state index is 14.3. The highest BCUT2D eigenvalue weighted by molar-refractivity contribution is 5.98. The van der Waals surface area contributed by atoms with Gasteiger partial charge in [0, 0.05) is 32.7 Å². The van der Waals surface area contributed by atoms with Crippen LogP contribution in [0, 0.1) is 11.8 Å². The molecule has 206 valence electrons. The summed E-state index contributed by atoms with van der Waals surface area (Å²) in [5.41, 5.74) is -2.01. The van der Waals surface area contributed by atoms with E-state index < -0.39 is 41.1 Å². The van der Waals surface area contributed by atoms with Gasteiger partial charge in [0.15, 0.2) is 0 Å². The number of aliphatic hydroxyl groups is 1. The van der Waals surface area contributed by atoms with Gasteiger partial charge in [0.25, 0.3) is 0 Å². The van der Waals surface area contributed by atoms with Gasteiger partial charge in [0.05, 0.1) is 37.4 Å². The molecule has 0 aromatic carbocycles. The zero-order chi connectivity index (χ0) is 26.8. The van der Waals surface area contributed by atoms with Crippen molar-refractivity contribution in [2.45, 2.75) is 56.4 Å². The van der Waals surface area contributed by atoms with Gasteiger partial charge in [-0.25, -0.2) is 0 Å². The monoisotopic (exact) mass is 519 g/mol. The van der Waals surface area contributed by atoms with Gasteiger partial charge in [-0.15, -0.1) is 6.58 Å². The van der Waals surface area contributed by atoms with Crippen LogP contribution in [0.2, 0.25) is 0 Å². The fourth-order valence-corrected chi connectivity index (χ4v) is 6.79. The molecule has 37 heavy (non-hydrogen) atoms. The molecular formula is C27H41N3O7. The van der Waals surface area contributed by atoms with E-state index in [1.807, 2.05) is 6.92 Å². The van der Waals surface area contributed by atoms with Gasteiger partial charge in [-0.1, -0.05) is 25.7 Å². The smallest absolute Gasteiger partial charge is 0.313 e. The van der Waals surface area contributed by atoms with E-state index in [0.717, 1.165) is 13.1 Å². The lowest BCUT2D eigenvalue weighted by molar-refractivity contribution is -0.162. The number of likely N-dealkylation sites (tertiary alicyclic amines) is 1. The van der Waals surface area contributed by atoms with Gasteiger partial charge in [-0.3, -0.25) is 19.3 Å². The fourth-order valence-electron chi connectivity index (χ4n) is 6.79. The van der Waals surface area contributed by atoms with E-state index >= 15 is 0 Å². The first-order valence-electron chi connectivity index (χ1n) is 13.4. The van der Waals surface area contributed by atoms with E-state index in [9.17, 15) is 19.5 Å². The molecule has 4 rings (SSSR count). The van der Waals surface area contributed by atoms with Gasteiger partial charge in [0.1, 0.15) is 24.2 Å². The molecule has 1 N–H and O–H groups in total. The molecule has 4 aliphatic heterocycles. The summed E-state index contributed by atoms with van der Waals surface area (Å²) >= 11 is 0. The number of fused-ring (bicyclic) bond motifs is 1. The van der Waals surface area contributed by atoms with Crippen molar-refractivity contribution in [3.8, 4) is 0 Å². The second-order valence-electron chi connectivity index (χ2n) is 10.6. The molecule has 1 spiro atoms. The molecule has 0 saturated carbocycles.